The minimum Gasteiger partial charge on any atom is -0.294 e. The molecule has 0 aliphatic carbocycles. The van der Waals surface area contributed by atoms with Gasteiger partial charge in [0.05, 0.1) is 5.38 Å². The first kappa shape index (κ1) is 17.0. The van der Waals surface area contributed by atoms with Crippen LogP contribution in [0.2, 0.25) is 0 Å². The van der Waals surface area contributed by atoms with Crippen molar-refractivity contribution >= 4 is 11.6 Å². The average Bonchev–Trinajstić information content (AvgIpc) is 2.38. The van der Waals surface area contributed by atoms with Crippen molar-refractivity contribution in [2.45, 2.75) is 31.6 Å². The highest BCUT2D eigenvalue weighted by Crippen LogP contribution is 2.26. The molecule has 0 spiro atoms. The standard InChI is InChI=1S/C18H26ClN/c1-6-12-20(13-7-2)14-17(19)15-8-10-16(11-9-15)18(3,4)5/h6-11,17H,1-2,12-14H2,3-5H3. The molecule has 0 aliphatic rings. The fourth-order valence-electron chi connectivity index (χ4n) is 2.11. The van der Waals surface area contributed by atoms with Crippen molar-refractivity contribution in [1.82, 2.24) is 4.90 Å². The Labute approximate surface area is 128 Å². The molecule has 0 aromatic heterocycles. The predicted molar refractivity (Wildman–Crippen MR) is 90.6 cm³/mol. The lowest BCUT2D eigenvalue weighted by atomic mass is 9.86. The van der Waals surface area contributed by atoms with E-state index in [-0.39, 0.29) is 10.8 Å². The van der Waals surface area contributed by atoms with Crippen molar-refractivity contribution in [1.29, 1.82) is 0 Å². The summed E-state index contributed by atoms with van der Waals surface area (Å²) >= 11 is 6.53. The zero-order valence-corrected chi connectivity index (χ0v) is 13.7. The summed E-state index contributed by atoms with van der Waals surface area (Å²) in [7, 11) is 0. The Hall–Kier alpha value is -1.05. The molecular formula is C18H26ClN. The van der Waals surface area contributed by atoms with Crippen molar-refractivity contribution in [2.24, 2.45) is 0 Å². The number of rotatable bonds is 7. The van der Waals surface area contributed by atoms with E-state index in [1.54, 1.807) is 0 Å². The average molecular weight is 292 g/mol. The van der Waals surface area contributed by atoms with Gasteiger partial charge in [0.1, 0.15) is 0 Å². The number of hydrogen-bond donors (Lipinski definition) is 0. The van der Waals surface area contributed by atoms with Crippen LogP contribution < -0.4 is 0 Å². The van der Waals surface area contributed by atoms with Gasteiger partial charge >= 0.3 is 0 Å². The molecule has 0 heterocycles. The van der Waals surface area contributed by atoms with Crippen molar-refractivity contribution in [3.8, 4) is 0 Å². The van der Waals surface area contributed by atoms with Crippen LogP contribution in [0.5, 0.6) is 0 Å². The monoisotopic (exact) mass is 291 g/mol. The summed E-state index contributed by atoms with van der Waals surface area (Å²) in [6.07, 6.45) is 3.80. The number of hydrogen-bond acceptors (Lipinski definition) is 1. The summed E-state index contributed by atoms with van der Waals surface area (Å²) in [6, 6.07) is 8.63. The summed E-state index contributed by atoms with van der Waals surface area (Å²) in [6.45, 7) is 16.7. The summed E-state index contributed by atoms with van der Waals surface area (Å²) in [4.78, 5) is 2.23. The van der Waals surface area contributed by atoms with Crippen LogP contribution in [0.15, 0.2) is 49.6 Å². The first-order valence-electron chi connectivity index (χ1n) is 7.07. The molecular weight excluding hydrogens is 266 g/mol. The van der Waals surface area contributed by atoms with Crippen LogP contribution in [0.1, 0.15) is 37.3 Å². The molecule has 0 saturated heterocycles. The lowest BCUT2D eigenvalue weighted by Crippen LogP contribution is -2.27. The second-order valence-corrected chi connectivity index (χ2v) is 6.66. The van der Waals surface area contributed by atoms with Gasteiger partial charge in [-0.3, -0.25) is 4.90 Å². The maximum atomic E-state index is 6.53. The largest absolute Gasteiger partial charge is 0.294 e. The van der Waals surface area contributed by atoms with E-state index < -0.39 is 0 Å². The third-order valence-electron chi connectivity index (χ3n) is 3.33. The van der Waals surface area contributed by atoms with Gasteiger partial charge in [0.25, 0.3) is 0 Å². The van der Waals surface area contributed by atoms with E-state index >= 15 is 0 Å². The van der Waals surface area contributed by atoms with Gasteiger partial charge in [-0.25, -0.2) is 0 Å². The van der Waals surface area contributed by atoms with Crippen LogP contribution in [-0.4, -0.2) is 24.5 Å². The van der Waals surface area contributed by atoms with Gasteiger partial charge in [-0.2, -0.15) is 0 Å². The molecule has 0 radical (unpaired) electrons. The van der Waals surface area contributed by atoms with E-state index in [0.29, 0.717) is 0 Å². The molecule has 1 aromatic carbocycles. The van der Waals surface area contributed by atoms with Crippen LogP contribution in [0.3, 0.4) is 0 Å². The molecule has 110 valence electrons. The van der Waals surface area contributed by atoms with Crippen molar-refractivity contribution in [3.05, 3.63) is 60.7 Å². The Kier molecular flexibility index (Phi) is 6.51. The first-order valence-corrected chi connectivity index (χ1v) is 7.50. The first-order chi connectivity index (χ1) is 9.38. The Morgan fingerprint density at radius 2 is 1.60 bits per heavy atom. The Balaban J connectivity index is 2.73. The van der Waals surface area contributed by atoms with Crippen molar-refractivity contribution < 1.29 is 0 Å². The number of halogens is 1. The van der Waals surface area contributed by atoms with Crippen molar-refractivity contribution in [3.63, 3.8) is 0 Å². The molecule has 2 heteroatoms. The zero-order chi connectivity index (χ0) is 15.2. The highest BCUT2D eigenvalue weighted by Gasteiger charge is 2.16. The van der Waals surface area contributed by atoms with Crippen LogP contribution in [0, 0.1) is 0 Å². The molecule has 0 amide bonds. The van der Waals surface area contributed by atoms with Crippen LogP contribution >= 0.6 is 11.6 Å². The van der Waals surface area contributed by atoms with E-state index in [9.17, 15) is 0 Å². The lowest BCUT2D eigenvalue weighted by molar-refractivity contribution is 0.335. The number of benzene rings is 1. The topological polar surface area (TPSA) is 3.24 Å². The Morgan fingerprint density at radius 3 is 2.00 bits per heavy atom. The Morgan fingerprint density at radius 1 is 1.10 bits per heavy atom. The molecule has 1 rings (SSSR count). The lowest BCUT2D eigenvalue weighted by Gasteiger charge is -2.23. The van der Waals surface area contributed by atoms with E-state index in [1.165, 1.54) is 5.56 Å². The summed E-state index contributed by atoms with van der Waals surface area (Å²) < 4.78 is 0. The highest BCUT2D eigenvalue weighted by molar-refractivity contribution is 6.21. The Bertz CT molecular complexity index is 418. The maximum Gasteiger partial charge on any atom is 0.0712 e. The zero-order valence-electron chi connectivity index (χ0n) is 12.9. The second-order valence-electron chi connectivity index (χ2n) is 6.14. The minimum absolute atomic E-state index is 0.0103. The molecule has 0 aliphatic heterocycles. The third-order valence-corrected chi connectivity index (χ3v) is 3.72. The van der Waals surface area contributed by atoms with Gasteiger partial charge in [-0.05, 0) is 16.5 Å². The fraction of sp³-hybridized carbons (Fsp3) is 0.444. The summed E-state index contributed by atoms with van der Waals surface area (Å²) in [5.41, 5.74) is 2.68. The summed E-state index contributed by atoms with van der Waals surface area (Å²) in [5, 5.41) is -0.0103. The molecule has 1 unspecified atom stereocenters. The number of nitrogens with zero attached hydrogens (tertiary/aromatic N) is 1. The minimum atomic E-state index is -0.0103. The summed E-state index contributed by atoms with van der Waals surface area (Å²) in [5.74, 6) is 0. The van der Waals surface area contributed by atoms with Gasteiger partial charge in [-0.1, -0.05) is 57.2 Å². The quantitative estimate of drug-likeness (QED) is 0.508. The maximum absolute atomic E-state index is 6.53. The molecule has 0 bridgehead atoms. The van der Waals surface area contributed by atoms with E-state index in [4.69, 9.17) is 11.6 Å². The van der Waals surface area contributed by atoms with Crippen LogP contribution in [0.25, 0.3) is 0 Å². The smallest absolute Gasteiger partial charge is 0.0712 e. The molecule has 0 fully saturated rings. The normalized spacial score (nSPS) is 13.2. The van der Waals surface area contributed by atoms with E-state index in [2.05, 4.69) is 63.1 Å². The van der Waals surface area contributed by atoms with Gasteiger partial charge in [-0.15, -0.1) is 24.8 Å². The molecule has 1 nitrogen and oxygen atoms in total. The molecule has 20 heavy (non-hydrogen) atoms. The van der Waals surface area contributed by atoms with E-state index in [1.807, 2.05) is 12.2 Å². The molecule has 0 saturated carbocycles. The predicted octanol–water partition coefficient (Wildman–Crippen LogP) is 4.94. The van der Waals surface area contributed by atoms with Crippen molar-refractivity contribution in [2.75, 3.05) is 19.6 Å². The van der Waals surface area contributed by atoms with E-state index in [0.717, 1.165) is 25.2 Å². The van der Waals surface area contributed by atoms with Gasteiger partial charge in [0, 0.05) is 19.6 Å². The fourth-order valence-corrected chi connectivity index (χ4v) is 2.45. The highest BCUT2D eigenvalue weighted by atomic mass is 35.5. The SMILES string of the molecule is C=CCN(CC=C)CC(Cl)c1ccc(C(C)(C)C)cc1. The molecule has 1 aromatic rings. The van der Waals surface area contributed by atoms with Crippen LogP contribution in [0.4, 0.5) is 0 Å². The van der Waals surface area contributed by atoms with Crippen LogP contribution in [-0.2, 0) is 5.41 Å². The number of alkyl halides is 1. The van der Waals surface area contributed by atoms with Gasteiger partial charge in [0.2, 0.25) is 0 Å². The van der Waals surface area contributed by atoms with Gasteiger partial charge < -0.3 is 0 Å². The molecule has 1 atom stereocenters. The third kappa shape index (κ3) is 5.15. The van der Waals surface area contributed by atoms with Gasteiger partial charge in [0.15, 0.2) is 0 Å². The second kappa shape index (κ2) is 7.66. The molecule has 0 N–H and O–H groups in total.